The molecule has 3 aliphatic rings. The number of fused-ring (bicyclic) bond motifs is 1. The van der Waals surface area contributed by atoms with Crippen molar-refractivity contribution in [1.82, 2.24) is 9.47 Å². The summed E-state index contributed by atoms with van der Waals surface area (Å²) >= 11 is 0. The number of hydrogen-bond acceptors (Lipinski definition) is 7. The first kappa shape index (κ1) is 24.7. The van der Waals surface area contributed by atoms with Crippen molar-refractivity contribution < 1.29 is 27.5 Å². The van der Waals surface area contributed by atoms with Crippen LogP contribution in [0.4, 0.5) is 0 Å². The van der Waals surface area contributed by atoms with Crippen molar-refractivity contribution in [2.24, 2.45) is 10.3 Å². The van der Waals surface area contributed by atoms with E-state index in [2.05, 4.69) is 8.96 Å². The van der Waals surface area contributed by atoms with Crippen LogP contribution in [0.1, 0.15) is 53.0 Å². The Morgan fingerprint density at radius 2 is 1.89 bits per heavy atom. The van der Waals surface area contributed by atoms with E-state index in [1.165, 1.54) is 0 Å². The molecule has 4 heterocycles. The molecule has 0 bridgehead atoms. The normalized spacial score (nSPS) is 21.3. The number of carbonyl (C=O) groups is 2. The minimum atomic E-state index is -3.68. The van der Waals surface area contributed by atoms with Gasteiger partial charge in [0.15, 0.2) is 12.4 Å². The summed E-state index contributed by atoms with van der Waals surface area (Å²) in [4.78, 5) is 27.7. The number of ketones is 1. The fraction of sp³-hybridized carbons (Fsp3) is 0.500. The van der Waals surface area contributed by atoms with Gasteiger partial charge in [0.25, 0.3) is 10.0 Å². The van der Waals surface area contributed by atoms with E-state index in [-0.39, 0.29) is 29.3 Å². The van der Waals surface area contributed by atoms with Gasteiger partial charge < -0.3 is 18.9 Å². The molecule has 10 heteroatoms. The Hall–Kier alpha value is -2.98. The molecule has 0 radical (unpaired) electrons. The van der Waals surface area contributed by atoms with Gasteiger partial charge in [-0.05, 0) is 57.7 Å². The molecule has 1 aromatic heterocycles. The lowest BCUT2D eigenvalue weighted by atomic mass is 9.96. The van der Waals surface area contributed by atoms with E-state index in [4.69, 9.17) is 9.47 Å². The SMILES string of the molecule is Cc1cc(C(=O)COC(=O)C2CCN(C3=NS(=O)(=O)c4ccccc43)CC2)c(C)n1C[C@@H]1CCCO1. The molecule has 0 spiro atoms. The Morgan fingerprint density at radius 3 is 2.61 bits per heavy atom. The third kappa shape index (κ3) is 4.71. The molecule has 36 heavy (non-hydrogen) atoms. The topological polar surface area (TPSA) is 107 Å². The van der Waals surface area contributed by atoms with Crippen LogP contribution in [0.25, 0.3) is 0 Å². The number of likely N-dealkylation sites (tertiary alicyclic amines) is 1. The monoisotopic (exact) mass is 513 g/mol. The second-order valence-corrected chi connectivity index (χ2v) is 11.3. The summed E-state index contributed by atoms with van der Waals surface area (Å²) < 4.78 is 41.9. The molecule has 9 nitrogen and oxygen atoms in total. The zero-order valence-corrected chi connectivity index (χ0v) is 21.4. The lowest BCUT2D eigenvalue weighted by molar-refractivity contribution is -0.148. The van der Waals surface area contributed by atoms with Crippen LogP contribution in [-0.2, 0) is 30.8 Å². The highest BCUT2D eigenvalue weighted by Gasteiger charge is 2.35. The number of aromatic nitrogens is 1. The van der Waals surface area contributed by atoms with Gasteiger partial charge in [0.05, 0.1) is 12.0 Å². The molecule has 0 saturated carbocycles. The van der Waals surface area contributed by atoms with Crippen LogP contribution in [0, 0.1) is 19.8 Å². The van der Waals surface area contributed by atoms with Crippen molar-refractivity contribution in [3.8, 4) is 0 Å². The van der Waals surface area contributed by atoms with Gasteiger partial charge in [-0.1, -0.05) is 12.1 Å². The third-order valence-corrected chi connectivity index (χ3v) is 8.70. The van der Waals surface area contributed by atoms with Crippen LogP contribution >= 0.6 is 0 Å². The maximum Gasteiger partial charge on any atom is 0.309 e. The highest BCUT2D eigenvalue weighted by atomic mass is 32.2. The van der Waals surface area contributed by atoms with E-state index < -0.39 is 16.0 Å². The van der Waals surface area contributed by atoms with Crippen molar-refractivity contribution in [2.75, 3.05) is 26.3 Å². The Labute approximate surface area is 211 Å². The van der Waals surface area contributed by atoms with Crippen LogP contribution in [-0.4, -0.2) is 67.9 Å². The smallest absolute Gasteiger partial charge is 0.309 e. The van der Waals surface area contributed by atoms with Crippen LogP contribution < -0.4 is 0 Å². The Balaban J connectivity index is 1.15. The van der Waals surface area contributed by atoms with Crippen LogP contribution in [0.3, 0.4) is 0 Å². The first-order chi connectivity index (χ1) is 17.2. The quantitative estimate of drug-likeness (QED) is 0.432. The Bertz CT molecular complexity index is 1320. The molecule has 3 aliphatic heterocycles. The molecule has 2 fully saturated rings. The largest absolute Gasteiger partial charge is 0.457 e. The standard InChI is InChI=1S/C26H31N3O6S/c1-17-14-22(18(2)29(17)15-20-6-5-13-34-20)23(30)16-35-26(31)19-9-11-28(12-10-19)25-21-7-3-4-8-24(21)36(32,33)27-25/h3-4,7-8,14,19-20H,5-6,9-13,15-16H2,1-2H3/t20-/m0/s1. The number of amidine groups is 1. The van der Waals surface area contributed by atoms with Crippen molar-refractivity contribution in [1.29, 1.82) is 0 Å². The minimum absolute atomic E-state index is 0.172. The summed E-state index contributed by atoms with van der Waals surface area (Å²) in [6.45, 7) is 6.07. The molecule has 2 saturated heterocycles. The average molecular weight is 514 g/mol. The lowest BCUT2D eigenvalue weighted by Crippen LogP contribution is -2.40. The van der Waals surface area contributed by atoms with E-state index in [0.29, 0.717) is 42.9 Å². The Kier molecular flexibility index (Phi) is 6.74. The van der Waals surface area contributed by atoms with Crippen LogP contribution in [0.2, 0.25) is 0 Å². The lowest BCUT2D eigenvalue weighted by Gasteiger charge is -2.32. The van der Waals surface area contributed by atoms with Crippen molar-refractivity contribution in [3.63, 3.8) is 0 Å². The van der Waals surface area contributed by atoms with Gasteiger partial charge in [-0.25, -0.2) is 0 Å². The van der Waals surface area contributed by atoms with E-state index in [0.717, 1.165) is 37.4 Å². The predicted octanol–water partition coefficient (Wildman–Crippen LogP) is 2.87. The first-order valence-electron chi connectivity index (χ1n) is 12.4. The van der Waals surface area contributed by atoms with Gasteiger partial charge >= 0.3 is 5.97 Å². The summed E-state index contributed by atoms with van der Waals surface area (Å²) in [5.41, 5.74) is 3.03. The number of piperidine rings is 1. The van der Waals surface area contributed by atoms with Gasteiger partial charge in [0, 0.05) is 48.8 Å². The molecular formula is C26H31N3O6S. The van der Waals surface area contributed by atoms with E-state index in [9.17, 15) is 18.0 Å². The maximum atomic E-state index is 12.9. The van der Waals surface area contributed by atoms with E-state index >= 15 is 0 Å². The summed E-state index contributed by atoms with van der Waals surface area (Å²) in [6, 6.07) is 8.63. The number of benzene rings is 1. The summed E-state index contributed by atoms with van der Waals surface area (Å²) in [7, 11) is -3.68. The van der Waals surface area contributed by atoms with Crippen molar-refractivity contribution >= 4 is 27.6 Å². The molecule has 1 atom stereocenters. The van der Waals surface area contributed by atoms with E-state index in [1.54, 1.807) is 24.3 Å². The number of aryl methyl sites for hydroxylation is 1. The second kappa shape index (κ2) is 9.82. The molecule has 0 unspecified atom stereocenters. The fourth-order valence-electron chi connectivity index (χ4n) is 5.33. The van der Waals surface area contributed by atoms with Crippen LogP contribution in [0.15, 0.2) is 39.6 Å². The minimum Gasteiger partial charge on any atom is -0.457 e. The second-order valence-electron chi connectivity index (χ2n) is 9.71. The summed E-state index contributed by atoms with van der Waals surface area (Å²) in [6.07, 6.45) is 3.26. The summed E-state index contributed by atoms with van der Waals surface area (Å²) in [5.74, 6) is -0.507. The third-order valence-electron chi connectivity index (χ3n) is 7.37. The van der Waals surface area contributed by atoms with Crippen molar-refractivity contribution in [3.05, 3.63) is 52.8 Å². The molecular weight excluding hydrogens is 482 g/mol. The fourth-order valence-corrected chi connectivity index (χ4v) is 6.56. The number of ether oxygens (including phenoxy) is 2. The van der Waals surface area contributed by atoms with Gasteiger partial charge in [-0.3, -0.25) is 9.59 Å². The van der Waals surface area contributed by atoms with Crippen molar-refractivity contribution in [2.45, 2.75) is 57.1 Å². The number of esters is 1. The predicted molar refractivity (Wildman–Crippen MR) is 133 cm³/mol. The average Bonchev–Trinajstić information content (AvgIpc) is 3.56. The molecule has 192 valence electrons. The highest BCUT2D eigenvalue weighted by molar-refractivity contribution is 7.90. The zero-order valence-electron chi connectivity index (χ0n) is 20.6. The number of rotatable bonds is 6. The number of nitrogens with zero attached hydrogens (tertiary/aromatic N) is 3. The molecule has 5 rings (SSSR count). The Morgan fingerprint density at radius 1 is 1.14 bits per heavy atom. The number of sulfonamides is 1. The molecule has 0 aliphatic carbocycles. The molecule has 0 amide bonds. The number of hydrogen-bond donors (Lipinski definition) is 0. The van der Waals surface area contributed by atoms with Gasteiger partial charge in [-0.2, -0.15) is 8.42 Å². The summed E-state index contributed by atoms with van der Waals surface area (Å²) in [5, 5.41) is 0. The number of carbonyl (C=O) groups excluding carboxylic acids is 2. The molecule has 0 N–H and O–H groups in total. The molecule has 1 aromatic carbocycles. The number of Topliss-reactive ketones (excluding diaryl/α,β-unsaturated/α-hetero) is 1. The highest BCUT2D eigenvalue weighted by Crippen LogP contribution is 2.30. The van der Waals surface area contributed by atoms with E-state index in [1.807, 2.05) is 24.8 Å². The molecule has 2 aromatic rings. The first-order valence-corrected chi connectivity index (χ1v) is 13.9. The van der Waals surface area contributed by atoms with Crippen LogP contribution in [0.5, 0.6) is 0 Å². The van der Waals surface area contributed by atoms with Gasteiger partial charge in [-0.15, -0.1) is 4.40 Å². The van der Waals surface area contributed by atoms with Gasteiger partial charge in [0.2, 0.25) is 5.78 Å². The zero-order chi connectivity index (χ0) is 25.4. The maximum absolute atomic E-state index is 12.9. The van der Waals surface area contributed by atoms with Gasteiger partial charge in [0.1, 0.15) is 4.90 Å².